The summed E-state index contributed by atoms with van der Waals surface area (Å²) in [6.07, 6.45) is 6.17. The maximum atomic E-state index is 10.5. The summed E-state index contributed by atoms with van der Waals surface area (Å²) >= 11 is 0. The van der Waals surface area contributed by atoms with E-state index in [9.17, 15) is 4.79 Å². The van der Waals surface area contributed by atoms with Gasteiger partial charge in [0, 0.05) is 18.5 Å². The summed E-state index contributed by atoms with van der Waals surface area (Å²) in [5, 5.41) is 8.67. The van der Waals surface area contributed by atoms with Crippen LogP contribution in [0, 0.1) is 0 Å². The van der Waals surface area contributed by atoms with Crippen molar-refractivity contribution in [3.05, 3.63) is 0 Å². The summed E-state index contributed by atoms with van der Waals surface area (Å²) in [4.78, 5) is 13.0. The molecule has 0 radical (unpaired) electrons. The summed E-state index contributed by atoms with van der Waals surface area (Å²) in [7, 11) is 0. The van der Waals surface area contributed by atoms with Gasteiger partial charge in [-0.1, -0.05) is 13.3 Å². The quantitative estimate of drug-likeness (QED) is 0.763. The van der Waals surface area contributed by atoms with E-state index in [4.69, 9.17) is 5.11 Å². The van der Waals surface area contributed by atoms with Crippen molar-refractivity contribution in [2.75, 3.05) is 6.54 Å². The largest absolute Gasteiger partial charge is 0.481 e. The van der Waals surface area contributed by atoms with E-state index >= 15 is 0 Å². The smallest absolute Gasteiger partial charge is 0.303 e. The van der Waals surface area contributed by atoms with Crippen LogP contribution in [0.3, 0.4) is 0 Å². The van der Waals surface area contributed by atoms with Crippen LogP contribution >= 0.6 is 0 Å². The number of nitrogens with zero attached hydrogens (tertiary/aromatic N) is 1. The van der Waals surface area contributed by atoms with Gasteiger partial charge in [0.15, 0.2) is 0 Å². The first-order valence-corrected chi connectivity index (χ1v) is 6.12. The Labute approximate surface area is 92.5 Å². The van der Waals surface area contributed by atoms with Crippen molar-refractivity contribution in [3.8, 4) is 0 Å². The second kappa shape index (κ2) is 6.11. The van der Waals surface area contributed by atoms with E-state index in [-0.39, 0.29) is 0 Å². The second-order valence-corrected chi connectivity index (χ2v) is 4.58. The minimum Gasteiger partial charge on any atom is -0.481 e. The molecule has 3 heteroatoms. The predicted molar refractivity (Wildman–Crippen MR) is 61.0 cm³/mol. The molecule has 0 aliphatic carbocycles. The molecule has 0 bridgehead atoms. The number of rotatable bonds is 5. The molecule has 1 saturated heterocycles. The van der Waals surface area contributed by atoms with Gasteiger partial charge in [0.1, 0.15) is 0 Å². The van der Waals surface area contributed by atoms with Gasteiger partial charge in [-0.2, -0.15) is 0 Å². The van der Waals surface area contributed by atoms with Crippen molar-refractivity contribution in [3.63, 3.8) is 0 Å². The SMILES string of the molecule is CCC1CCCCN1C(C)CCC(=O)O. The van der Waals surface area contributed by atoms with Gasteiger partial charge in [-0.25, -0.2) is 0 Å². The Bertz CT molecular complexity index is 206. The summed E-state index contributed by atoms with van der Waals surface area (Å²) in [6.45, 7) is 5.54. The molecule has 0 spiro atoms. The molecule has 1 rings (SSSR count). The number of likely N-dealkylation sites (tertiary alicyclic amines) is 1. The molecule has 0 aromatic rings. The van der Waals surface area contributed by atoms with Crippen LogP contribution in [0.25, 0.3) is 0 Å². The highest BCUT2D eigenvalue weighted by Crippen LogP contribution is 2.23. The summed E-state index contributed by atoms with van der Waals surface area (Å²) in [6, 6.07) is 1.11. The third-order valence-corrected chi connectivity index (χ3v) is 3.49. The van der Waals surface area contributed by atoms with Crippen molar-refractivity contribution in [2.45, 2.75) is 64.5 Å². The van der Waals surface area contributed by atoms with Crippen LogP contribution in [-0.2, 0) is 4.79 Å². The summed E-state index contributed by atoms with van der Waals surface area (Å²) in [5.74, 6) is -0.674. The highest BCUT2D eigenvalue weighted by atomic mass is 16.4. The number of carbonyl (C=O) groups is 1. The molecule has 1 aliphatic heterocycles. The maximum Gasteiger partial charge on any atom is 0.303 e. The minimum absolute atomic E-state index is 0.300. The van der Waals surface area contributed by atoms with Gasteiger partial charge in [0.25, 0.3) is 0 Å². The van der Waals surface area contributed by atoms with Gasteiger partial charge in [-0.15, -0.1) is 0 Å². The molecule has 2 unspecified atom stereocenters. The molecule has 2 atom stereocenters. The first-order valence-electron chi connectivity index (χ1n) is 6.12. The normalized spacial score (nSPS) is 25.1. The number of carboxylic acids is 1. The molecule has 15 heavy (non-hydrogen) atoms. The van der Waals surface area contributed by atoms with Crippen molar-refractivity contribution < 1.29 is 9.90 Å². The molecule has 1 N–H and O–H groups in total. The number of carboxylic acid groups (broad SMARTS) is 1. The Morgan fingerprint density at radius 1 is 1.53 bits per heavy atom. The summed E-state index contributed by atoms with van der Waals surface area (Å²) < 4.78 is 0. The van der Waals surface area contributed by atoms with E-state index in [0.717, 1.165) is 13.0 Å². The highest BCUT2D eigenvalue weighted by molar-refractivity contribution is 5.66. The third kappa shape index (κ3) is 3.82. The van der Waals surface area contributed by atoms with Crippen LogP contribution in [0.1, 0.15) is 52.4 Å². The zero-order valence-corrected chi connectivity index (χ0v) is 9.91. The zero-order valence-electron chi connectivity index (χ0n) is 9.91. The molecule has 1 fully saturated rings. The lowest BCUT2D eigenvalue weighted by Crippen LogP contribution is -2.44. The number of hydrogen-bond acceptors (Lipinski definition) is 2. The number of aliphatic carboxylic acids is 1. The average Bonchev–Trinajstić information content (AvgIpc) is 2.25. The molecule has 1 aliphatic rings. The van der Waals surface area contributed by atoms with Gasteiger partial charge < -0.3 is 5.11 Å². The Balaban J connectivity index is 2.40. The fraction of sp³-hybridized carbons (Fsp3) is 0.917. The Morgan fingerprint density at radius 2 is 2.27 bits per heavy atom. The predicted octanol–water partition coefficient (Wildman–Crippen LogP) is 2.50. The van der Waals surface area contributed by atoms with Crippen molar-refractivity contribution in [1.29, 1.82) is 0 Å². The average molecular weight is 213 g/mol. The second-order valence-electron chi connectivity index (χ2n) is 4.58. The van der Waals surface area contributed by atoms with Crippen LogP contribution in [0.4, 0.5) is 0 Å². The molecule has 1 heterocycles. The first-order chi connectivity index (χ1) is 7.15. The molecule has 0 aromatic heterocycles. The molecule has 0 aromatic carbocycles. The fourth-order valence-corrected chi connectivity index (χ4v) is 2.54. The van der Waals surface area contributed by atoms with Crippen LogP contribution < -0.4 is 0 Å². The topological polar surface area (TPSA) is 40.5 Å². The van der Waals surface area contributed by atoms with Crippen LogP contribution in [-0.4, -0.2) is 34.6 Å². The van der Waals surface area contributed by atoms with Crippen LogP contribution in [0.15, 0.2) is 0 Å². The van der Waals surface area contributed by atoms with Gasteiger partial charge in [0.05, 0.1) is 0 Å². The molecule has 3 nitrogen and oxygen atoms in total. The van der Waals surface area contributed by atoms with Crippen molar-refractivity contribution in [2.24, 2.45) is 0 Å². The third-order valence-electron chi connectivity index (χ3n) is 3.49. The summed E-state index contributed by atoms with van der Waals surface area (Å²) in [5.41, 5.74) is 0. The maximum absolute atomic E-state index is 10.5. The van der Waals surface area contributed by atoms with E-state index in [1.54, 1.807) is 0 Å². The number of piperidine rings is 1. The van der Waals surface area contributed by atoms with E-state index < -0.39 is 5.97 Å². The van der Waals surface area contributed by atoms with E-state index in [0.29, 0.717) is 18.5 Å². The number of hydrogen-bond donors (Lipinski definition) is 1. The van der Waals surface area contributed by atoms with Crippen molar-refractivity contribution in [1.82, 2.24) is 4.90 Å². The lowest BCUT2D eigenvalue weighted by molar-refractivity contribution is -0.137. The Morgan fingerprint density at radius 3 is 2.87 bits per heavy atom. The van der Waals surface area contributed by atoms with Crippen LogP contribution in [0.2, 0.25) is 0 Å². The van der Waals surface area contributed by atoms with Gasteiger partial charge in [-0.3, -0.25) is 9.69 Å². The Kier molecular flexibility index (Phi) is 5.09. The fourth-order valence-electron chi connectivity index (χ4n) is 2.54. The molecule has 0 saturated carbocycles. The molecule has 88 valence electrons. The minimum atomic E-state index is -0.674. The molecular formula is C12H23NO2. The van der Waals surface area contributed by atoms with Gasteiger partial charge in [-0.05, 0) is 39.2 Å². The lowest BCUT2D eigenvalue weighted by Gasteiger charge is -2.39. The van der Waals surface area contributed by atoms with E-state index in [2.05, 4.69) is 18.7 Å². The molecule has 0 amide bonds. The van der Waals surface area contributed by atoms with E-state index in [1.807, 2.05) is 0 Å². The standard InChI is InChI=1S/C12H23NO2/c1-3-11-6-4-5-9-13(11)10(2)7-8-12(14)15/h10-11H,3-9H2,1-2H3,(H,14,15). The lowest BCUT2D eigenvalue weighted by atomic mass is 9.97. The Hall–Kier alpha value is -0.570. The first kappa shape index (κ1) is 12.5. The van der Waals surface area contributed by atoms with Gasteiger partial charge in [0.2, 0.25) is 0 Å². The van der Waals surface area contributed by atoms with E-state index in [1.165, 1.54) is 25.7 Å². The van der Waals surface area contributed by atoms with Crippen LogP contribution in [0.5, 0.6) is 0 Å². The molecular weight excluding hydrogens is 190 g/mol. The van der Waals surface area contributed by atoms with Crippen molar-refractivity contribution >= 4 is 5.97 Å². The zero-order chi connectivity index (χ0) is 11.3. The van der Waals surface area contributed by atoms with Gasteiger partial charge >= 0.3 is 5.97 Å². The highest BCUT2D eigenvalue weighted by Gasteiger charge is 2.25. The monoisotopic (exact) mass is 213 g/mol.